The first-order chi connectivity index (χ1) is 12.3. The summed E-state index contributed by atoms with van der Waals surface area (Å²) < 4.78 is 5.42. The van der Waals surface area contributed by atoms with Crippen molar-refractivity contribution in [1.29, 1.82) is 0 Å². The topological polar surface area (TPSA) is 51.2 Å². The van der Waals surface area contributed by atoms with Crippen molar-refractivity contribution in [2.24, 2.45) is 0 Å². The van der Waals surface area contributed by atoms with Crippen LogP contribution in [0.3, 0.4) is 0 Å². The van der Waals surface area contributed by atoms with Crippen LogP contribution in [-0.4, -0.2) is 24.0 Å². The van der Waals surface area contributed by atoms with Crippen molar-refractivity contribution < 1.29 is 9.53 Å². The number of amides is 1. The van der Waals surface area contributed by atoms with E-state index in [9.17, 15) is 4.79 Å². The maximum Gasteiger partial charge on any atom is 0.251 e. The number of ether oxygens (including phenoxy) is 1. The van der Waals surface area contributed by atoms with E-state index in [1.54, 1.807) is 30.3 Å². The summed E-state index contributed by atoms with van der Waals surface area (Å²) >= 11 is 1.85. The molecule has 0 fully saturated rings. The number of benzene rings is 1. The third-order valence-electron chi connectivity index (χ3n) is 4.23. The molecule has 1 N–H and O–H groups in total. The third kappa shape index (κ3) is 4.92. The van der Waals surface area contributed by atoms with Crippen LogP contribution in [0.4, 0.5) is 0 Å². The van der Waals surface area contributed by atoms with Crippen molar-refractivity contribution in [3.63, 3.8) is 0 Å². The van der Waals surface area contributed by atoms with E-state index in [2.05, 4.69) is 11.9 Å². The van der Waals surface area contributed by atoms with Crippen molar-refractivity contribution in [3.8, 4) is 5.75 Å². The van der Waals surface area contributed by atoms with Gasteiger partial charge < -0.3 is 10.1 Å². The van der Waals surface area contributed by atoms with E-state index in [0.29, 0.717) is 18.7 Å². The first-order valence-corrected chi connectivity index (χ1v) is 9.67. The SMILES string of the molecule is C=CCOc1ccc(C(=O)NCCCc2nc3c(s2)CCCC3)cc1. The summed E-state index contributed by atoms with van der Waals surface area (Å²) in [6.07, 6.45) is 8.43. The molecular weight excluding hydrogens is 332 g/mol. The first-order valence-electron chi connectivity index (χ1n) is 8.85. The molecule has 1 aromatic carbocycles. The van der Waals surface area contributed by atoms with Gasteiger partial charge >= 0.3 is 0 Å². The van der Waals surface area contributed by atoms with Gasteiger partial charge in [0.05, 0.1) is 10.7 Å². The minimum Gasteiger partial charge on any atom is -0.490 e. The minimum atomic E-state index is -0.0475. The molecule has 2 aromatic rings. The van der Waals surface area contributed by atoms with E-state index < -0.39 is 0 Å². The molecule has 1 heterocycles. The number of aryl methyl sites for hydroxylation is 3. The quantitative estimate of drug-likeness (QED) is 0.575. The Morgan fingerprint density at radius 3 is 2.84 bits per heavy atom. The zero-order valence-corrected chi connectivity index (χ0v) is 15.2. The van der Waals surface area contributed by atoms with E-state index in [1.807, 2.05) is 11.3 Å². The van der Waals surface area contributed by atoms with Crippen LogP contribution >= 0.6 is 11.3 Å². The zero-order valence-electron chi connectivity index (χ0n) is 14.4. The molecule has 0 bridgehead atoms. The zero-order chi connectivity index (χ0) is 17.5. The predicted molar refractivity (Wildman–Crippen MR) is 102 cm³/mol. The van der Waals surface area contributed by atoms with Gasteiger partial charge in [-0.2, -0.15) is 0 Å². The van der Waals surface area contributed by atoms with Gasteiger partial charge in [-0.05, 0) is 56.4 Å². The number of nitrogens with zero attached hydrogens (tertiary/aromatic N) is 1. The highest BCUT2D eigenvalue weighted by molar-refractivity contribution is 7.11. The number of aromatic nitrogens is 1. The Morgan fingerprint density at radius 1 is 1.28 bits per heavy atom. The van der Waals surface area contributed by atoms with Gasteiger partial charge in [0, 0.05) is 23.4 Å². The highest BCUT2D eigenvalue weighted by Gasteiger charge is 2.14. The molecule has 0 saturated heterocycles. The molecule has 0 aliphatic heterocycles. The lowest BCUT2D eigenvalue weighted by Gasteiger charge is -2.06. The summed E-state index contributed by atoms with van der Waals surface area (Å²) in [6.45, 7) is 4.74. The molecule has 0 unspecified atom stereocenters. The molecule has 4 nitrogen and oxygen atoms in total. The highest BCUT2D eigenvalue weighted by atomic mass is 32.1. The summed E-state index contributed by atoms with van der Waals surface area (Å²) in [4.78, 5) is 18.4. The van der Waals surface area contributed by atoms with E-state index in [0.717, 1.165) is 25.0 Å². The normalized spacial score (nSPS) is 13.1. The molecule has 0 spiro atoms. The molecule has 25 heavy (non-hydrogen) atoms. The molecule has 3 rings (SSSR count). The fraction of sp³-hybridized carbons (Fsp3) is 0.400. The predicted octanol–water partition coefficient (Wildman–Crippen LogP) is 3.95. The van der Waals surface area contributed by atoms with Gasteiger partial charge in [-0.1, -0.05) is 12.7 Å². The van der Waals surface area contributed by atoms with Crippen molar-refractivity contribution in [1.82, 2.24) is 10.3 Å². The Balaban J connectivity index is 1.41. The smallest absolute Gasteiger partial charge is 0.251 e. The molecule has 0 saturated carbocycles. The fourth-order valence-corrected chi connectivity index (χ4v) is 4.11. The van der Waals surface area contributed by atoms with Gasteiger partial charge in [-0.25, -0.2) is 4.98 Å². The lowest BCUT2D eigenvalue weighted by molar-refractivity contribution is 0.0953. The minimum absolute atomic E-state index is 0.0475. The summed E-state index contributed by atoms with van der Waals surface area (Å²) in [7, 11) is 0. The average Bonchev–Trinajstić information content (AvgIpc) is 3.06. The van der Waals surface area contributed by atoms with Gasteiger partial charge in [0.1, 0.15) is 12.4 Å². The second kappa shape index (κ2) is 8.81. The molecular formula is C20H24N2O2S. The lowest BCUT2D eigenvalue weighted by atomic mass is 10.0. The number of thiazole rings is 1. The van der Waals surface area contributed by atoms with Gasteiger partial charge in [0.2, 0.25) is 0 Å². The summed E-state index contributed by atoms with van der Waals surface area (Å²) in [5.41, 5.74) is 1.96. The van der Waals surface area contributed by atoms with Crippen molar-refractivity contribution >= 4 is 17.2 Å². The molecule has 1 amide bonds. The van der Waals surface area contributed by atoms with Gasteiger partial charge in [0.15, 0.2) is 0 Å². The molecule has 0 atom stereocenters. The maximum atomic E-state index is 12.2. The van der Waals surface area contributed by atoms with Crippen LogP contribution in [0.1, 0.15) is 45.2 Å². The van der Waals surface area contributed by atoms with Crippen LogP contribution in [0.15, 0.2) is 36.9 Å². The van der Waals surface area contributed by atoms with Gasteiger partial charge in [0.25, 0.3) is 5.91 Å². The number of nitrogens with one attached hydrogen (secondary N) is 1. The van der Waals surface area contributed by atoms with Crippen LogP contribution in [-0.2, 0) is 19.3 Å². The molecule has 132 valence electrons. The number of carbonyl (C=O) groups is 1. The summed E-state index contributed by atoms with van der Waals surface area (Å²) in [5.74, 6) is 0.692. The maximum absolute atomic E-state index is 12.2. The van der Waals surface area contributed by atoms with Crippen molar-refractivity contribution in [2.45, 2.75) is 38.5 Å². The van der Waals surface area contributed by atoms with Crippen molar-refractivity contribution in [3.05, 3.63) is 58.1 Å². The van der Waals surface area contributed by atoms with E-state index >= 15 is 0 Å². The fourth-order valence-electron chi connectivity index (χ4n) is 2.91. The van der Waals surface area contributed by atoms with Crippen LogP contribution < -0.4 is 10.1 Å². The standard InChI is InChI=1S/C20H24N2O2S/c1-2-14-24-16-11-9-15(10-12-16)20(23)21-13-5-8-19-22-17-6-3-4-7-18(17)25-19/h2,9-12H,1,3-8,13-14H2,(H,21,23). The summed E-state index contributed by atoms with van der Waals surface area (Å²) in [6, 6.07) is 7.17. The second-order valence-electron chi connectivity index (χ2n) is 6.17. The van der Waals surface area contributed by atoms with Crippen LogP contribution in [0, 0.1) is 0 Å². The number of hydrogen-bond acceptors (Lipinski definition) is 4. The lowest BCUT2D eigenvalue weighted by Crippen LogP contribution is -2.24. The highest BCUT2D eigenvalue weighted by Crippen LogP contribution is 2.27. The monoisotopic (exact) mass is 356 g/mol. The Bertz CT molecular complexity index is 698. The summed E-state index contributed by atoms with van der Waals surface area (Å²) in [5, 5.41) is 4.19. The van der Waals surface area contributed by atoms with Crippen molar-refractivity contribution in [2.75, 3.05) is 13.2 Å². The largest absolute Gasteiger partial charge is 0.490 e. The molecule has 1 aliphatic carbocycles. The molecule has 5 heteroatoms. The molecule has 0 radical (unpaired) electrons. The van der Waals surface area contributed by atoms with Gasteiger partial charge in [-0.15, -0.1) is 11.3 Å². The third-order valence-corrected chi connectivity index (χ3v) is 5.44. The molecule has 1 aliphatic rings. The number of fused-ring (bicyclic) bond motifs is 1. The Morgan fingerprint density at radius 2 is 2.08 bits per heavy atom. The van der Waals surface area contributed by atoms with Gasteiger partial charge in [-0.3, -0.25) is 4.79 Å². The average molecular weight is 356 g/mol. The van der Waals surface area contributed by atoms with E-state index in [1.165, 1.54) is 34.8 Å². The Kier molecular flexibility index (Phi) is 6.23. The number of carbonyl (C=O) groups excluding carboxylic acids is 1. The van der Waals surface area contributed by atoms with E-state index in [-0.39, 0.29) is 5.91 Å². The second-order valence-corrected chi connectivity index (χ2v) is 7.34. The Labute approximate surface area is 152 Å². The van der Waals surface area contributed by atoms with E-state index in [4.69, 9.17) is 9.72 Å². The molecule has 1 aromatic heterocycles. The van der Waals surface area contributed by atoms with Crippen LogP contribution in [0.2, 0.25) is 0 Å². The van der Waals surface area contributed by atoms with Crippen LogP contribution in [0.5, 0.6) is 5.75 Å². The Hall–Kier alpha value is -2.14. The first kappa shape index (κ1) is 17.7. The number of hydrogen-bond donors (Lipinski definition) is 1. The van der Waals surface area contributed by atoms with Crippen LogP contribution in [0.25, 0.3) is 0 Å². The number of rotatable bonds is 8.